The molecule has 0 bridgehead atoms. The van der Waals surface area contributed by atoms with Gasteiger partial charge in [0.15, 0.2) is 0 Å². The van der Waals surface area contributed by atoms with Crippen LogP contribution in [0.4, 0.5) is 0 Å². The lowest BCUT2D eigenvalue weighted by atomic mass is 10.1. The lowest BCUT2D eigenvalue weighted by Gasteiger charge is -2.27. The van der Waals surface area contributed by atoms with Crippen molar-refractivity contribution in [2.24, 2.45) is 5.92 Å². The molecule has 3 N–H and O–H groups in total. The van der Waals surface area contributed by atoms with Gasteiger partial charge >= 0.3 is 0 Å². The summed E-state index contributed by atoms with van der Waals surface area (Å²) in [6, 6.07) is 0.991. The van der Waals surface area contributed by atoms with Gasteiger partial charge in [-0.25, -0.2) is 0 Å². The summed E-state index contributed by atoms with van der Waals surface area (Å²) in [6.45, 7) is 8.28. The zero-order chi connectivity index (χ0) is 11.8. The third-order valence-electron chi connectivity index (χ3n) is 3.07. The highest BCUT2D eigenvalue weighted by Gasteiger charge is 2.16. The molecule has 0 aromatic rings. The van der Waals surface area contributed by atoms with Crippen molar-refractivity contribution in [3.8, 4) is 0 Å². The van der Waals surface area contributed by atoms with Crippen LogP contribution in [0, 0.1) is 5.92 Å². The molecule has 4 nitrogen and oxygen atoms in total. The number of hydrogen-bond donors (Lipinski definition) is 3. The molecule has 0 amide bonds. The molecule has 0 radical (unpaired) electrons. The van der Waals surface area contributed by atoms with Gasteiger partial charge in [0.2, 0.25) is 0 Å². The zero-order valence-corrected chi connectivity index (χ0v) is 10.5. The van der Waals surface area contributed by atoms with E-state index in [0.29, 0.717) is 18.0 Å². The Hall–Kier alpha value is -0.160. The van der Waals surface area contributed by atoms with Crippen LogP contribution in [0.1, 0.15) is 26.7 Å². The molecule has 0 spiro atoms. The normalized spacial score (nSPS) is 25.3. The van der Waals surface area contributed by atoms with Crippen molar-refractivity contribution in [3.05, 3.63) is 0 Å². The standard InChI is InChI=1S/C12H26N2O2/c1-10(3-5-15)8-14-11(2)7-12-9-16-6-4-13-12/h10-15H,3-9H2,1-2H3. The highest BCUT2D eigenvalue weighted by molar-refractivity contribution is 4.76. The summed E-state index contributed by atoms with van der Waals surface area (Å²) >= 11 is 0. The van der Waals surface area contributed by atoms with Crippen LogP contribution in [0.3, 0.4) is 0 Å². The molecule has 16 heavy (non-hydrogen) atoms. The molecule has 1 rings (SSSR count). The molecular formula is C12H26N2O2. The second kappa shape index (κ2) is 8.01. The van der Waals surface area contributed by atoms with Crippen molar-refractivity contribution in [1.82, 2.24) is 10.6 Å². The number of morpholine rings is 1. The average molecular weight is 230 g/mol. The van der Waals surface area contributed by atoms with Gasteiger partial charge in [-0.2, -0.15) is 0 Å². The number of nitrogens with one attached hydrogen (secondary N) is 2. The summed E-state index contributed by atoms with van der Waals surface area (Å²) in [5, 5.41) is 15.8. The Morgan fingerprint density at radius 1 is 1.50 bits per heavy atom. The minimum Gasteiger partial charge on any atom is -0.396 e. The first kappa shape index (κ1) is 13.9. The van der Waals surface area contributed by atoms with E-state index in [1.807, 2.05) is 0 Å². The highest BCUT2D eigenvalue weighted by atomic mass is 16.5. The molecule has 0 aromatic carbocycles. The van der Waals surface area contributed by atoms with E-state index in [0.717, 1.165) is 39.1 Å². The Kier molecular flexibility index (Phi) is 6.96. The van der Waals surface area contributed by atoms with E-state index in [1.165, 1.54) is 0 Å². The van der Waals surface area contributed by atoms with E-state index in [9.17, 15) is 0 Å². The summed E-state index contributed by atoms with van der Waals surface area (Å²) in [6.07, 6.45) is 1.98. The van der Waals surface area contributed by atoms with Gasteiger partial charge in [-0.15, -0.1) is 0 Å². The SMILES string of the molecule is CC(CCO)CNC(C)CC1COCCN1. The quantitative estimate of drug-likeness (QED) is 0.591. The van der Waals surface area contributed by atoms with Gasteiger partial charge in [-0.05, 0) is 32.2 Å². The molecule has 1 fully saturated rings. The van der Waals surface area contributed by atoms with E-state index >= 15 is 0 Å². The van der Waals surface area contributed by atoms with Gasteiger partial charge in [0, 0.05) is 25.2 Å². The summed E-state index contributed by atoms with van der Waals surface area (Å²) < 4.78 is 5.42. The van der Waals surface area contributed by atoms with Crippen LogP contribution in [0.2, 0.25) is 0 Å². The van der Waals surface area contributed by atoms with Crippen LogP contribution < -0.4 is 10.6 Å². The van der Waals surface area contributed by atoms with Crippen LogP contribution in [-0.4, -0.2) is 50.1 Å². The molecule has 4 heteroatoms. The van der Waals surface area contributed by atoms with E-state index < -0.39 is 0 Å². The Morgan fingerprint density at radius 3 is 2.94 bits per heavy atom. The first-order valence-electron chi connectivity index (χ1n) is 6.37. The fraction of sp³-hybridized carbons (Fsp3) is 1.00. The van der Waals surface area contributed by atoms with Crippen molar-refractivity contribution in [2.45, 2.75) is 38.8 Å². The first-order chi connectivity index (χ1) is 7.72. The van der Waals surface area contributed by atoms with Crippen molar-refractivity contribution in [1.29, 1.82) is 0 Å². The Balaban J connectivity index is 2.07. The summed E-state index contributed by atoms with van der Waals surface area (Å²) in [5.41, 5.74) is 0. The second-order valence-electron chi connectivity index (χ2n) is 4.89. The number of hydrogen-bond acceptors (Lipinski definition) is 4. The second-order valence-corrected chi connectivity index (χ2v) is 4.89. The molecule has 3 unspecified atom stereocenters. The van der Waals surface area contributed by atoms with Gasteiger partial charge in [0.05, 0.1) is 13.2 Å². The van der Waals surface area contributed by atoms with E-state index in [-0.39, 0.29) is 6.61 Å². The van der Waals surface area contributed by atoms with Crippen LogP contribution >= 0.6 is 0 Å². The number of aliphatic hydroxyl groups excluding tert-OH is 1. The van der Waals surface area contributed by atoms with Gasteiger partial charge in [-0.3, -0.25) is 0 Å². The van der Waals surface area contributed by atoms with Crippen molar-refractivity contribution < 1.29 is 9.84 Å². The van der Waals surface area contributed by atoms with Gasteiger partial charge in [-0.1, -0.05) is 6.92 Å². The maximum absolute atomic E-state index is 8.81. The predicted molar refractivity (Wildman–Crippen MR) is 65.6 cm³/mol. The minimum atomic E-state index is 0.287. The number of rotatable bonds is 7. The molecule has 1 aliphatic heterocycles. The first-order valence-corrected chi connectivity index (χ1v) is 6.37. The van der Waals surface area contributed by atoms with Gasteiger partial charge in [0.25, 0.3) is 0 Å². The Morgan fingerprint density at radius 2 is 2.31 bits per heavy atom. The maximum Gasteiger partial charge on any atom is 0.0620 e. The van der Waals surface area contributed by atoms with Crippen molar-refractivity contribution in [2.75, 3.05) is 32.9 Å². The summed E-state index contributed by atoms with van der Waals surface area (Å²) in [7, 11) is 0. The molecule has 1 aliphatic rings. The maximum atomic E-state index is 8.81. The topological polar surface area (TPSA) is 53.5 Å². The molecule has 0 saturated carbocycles. The molecule has 0 aliphatic carbocycles. The molecule has 96 valence electrons. The molecule has 0 aromatic heterocycles. The van der Waals surface area contributed by atoms with E-state index in [1.54, 1.807) is 0 Å². The van der Waals surface area contributed by atoms with Crippen molar-refractivity contribution in [3.63, 3.8) is 0 Å². The molecular weight excluding hydrogens is 204 g/mol. The summed E-state index contributed by atoms with van der Waals surface area (Å²) in [4.78, 5) is 0. The average Bonchev–Trinajstić information content (AvgIpc) is 2.28. The minimum absolute atomic E-state index is 0.287. The summed E-state index contributed by atoms with van der Waals surface area (Å²) in [5.74, 6) is 0.544. The predicted octanol–water partition coefficient (Wildman–Crippen LogP) is 0.362. The fourth-order valence-electron chi connectivity index (χ4n) is 2.01. The van der Waals surface area contributed by atoms with Gasteiger partial charge < -0.3 is 20.5 Å². The zero-order valence-electron chi connectivity index (χ0n) is 10.5. The van der Waals surface area contributed by atoms with Crippen LogP contribution in [0.5, 0.6) is 0 Å². The van der Waals surface area contributed by atoms with Crippen LogP contribution in [0.15, 0.2) is 0 Å². The lowest BCUT2D eigenvalue weighted by Crippen LogP contribution is -2.45. The molecule has 3 atom stereocenters. The van der Waals surface area contributed by atoms with Crippen molar-refractivity contribution >= 4 is 0 Å². The Labute approximate surface area is 98.8 Å². The number of aliphatic hydroxyl groups is 1. The van der Waals surface area contributed by atoms with Crippen LogP contribution in [0.25, 0.3) is 0 Å². The van der Waals surface area contributed by atoms with E-state index in [4.69, 9.17) is 9.84 Å². The van der Waals surface area contributed by atoms with E-state index in [2.05, 4.69) is 24.5 Å². The largest absolute Gasteiger partial charge is 0.396 e. The van der Waals surface area contributed by atoms with Crippen LogP contribution in [-0.2, 0) is 4.74 Å². The van der Waals surface area contributed by atoms with Gasteiger partial charge in [0.1, 0.15) is 0 Å². The smallest absolute Gasteiger partial charge is 0.0620 e. The third kappa shape index (κ3) is 5.80. The molecule has 1 heterocycles. The lowest BCUT2D eigenvalue weighted by molar-refractivity contribution is 0.0710. The highest BCUT2D eigenvalue weighted by Crippen LogP contribution is 2.04. The number of ether oxygens (including phenoxy) is 1. The third-order valence-corrected chi connectivity index (χ3v) is 3.07. The molecule has 1 saturated heterocycles. The Bertz CT molecular complexity index is 172. The monoisotopic (exact) mass is 230 g/mol. The fourth-order valence-corrected chi connectivity index (χ4v) is 2.01.